The first kappa shape index (κ1) is 62.9. The largest absolute Gasteiger partial charge is 0.397 e. The number of imidazole rings is 1. The van der Waals surface area contributed by atoms with Gasteiger partial charge in [0.25, 0.3) is 0 Å². The molecule has 13 rings (SSSR count). The van der Waals surface area contributed by atoms with Gasteiger partial charge in [0, 0.05) is 153 Å². The Morgan fingerprint density at radius 2 is 0.909 bits per heavy atom. The van der Waals surface area contributed by atoms with Crippen LogP contribution in [0.3, 0.4) is 0 Å². The Balaban J connectivity index is 0.000000138. The van der Waals surface area contributed by atoms with Gasteiger partial charge in [-0.2, -0.15) is 15.3 Å². The lowest BCUT2D eigenvalue weighted by molar-refractivity contribution is 0.326. The first-order valence-electron chi connectivity index (χ1n) is 27.6. The number of hydrogen-bond acceptors (Lipinski definition) is 18. The Bertz CT molecular complexity index is 4270. The molecule has 12 heterocycles. The fourth-order valence-electron chi connectivity index (χ4n) is 9.06. The topological polar surface area (TPSA) is 338 Å². The molecule has 12 N–H and O–H groups in total. The highest BCUT2D eigenvalue weighted by molar-refractivity contribution is 7.98. The summed E-state index contributed by atoms with van der Waals surface area (Å²) in [6.07, 6.45) is 32.3. The number of hydrogen-bond donors (Lipinski definition) is 6. The van der Waals surface area contributed by atoms with E-state index in [0.29, 0.717) is 34.1 Å². The van der Waals surface area contributed by atoms with Gasteiger partial charge < -0.3 is 39.0 Å². The molecule has 1 fully saturated rings. The molecule has 12 aromatic rings. The number of aryl methyl sites for hydroxylation is 6. The van der Waals surface area contributed by atoms with Crippen molar-refractivity contribution < 1.29 is 4.21 Å². The smallest absolute Gasteiger partial charge is 0.105 e. The minimum Gasteiger partial charge on any atom is -0.397 e. The van der Waals surface area contributed by atoms with Crippen LogP contribution in [0.2, 0.25) is 0 Å². The van der Waals surface area contributed by atoms with Crippen LogP contribution in [0.25, 0.3) is 67.2 Å². The molecule has 1 saturated heterocycles. The molecular formula is C64H72N22OS. The van der Waals surface area contributed by atoms with Crippen molar-refractivity contribution >= 4 is 49.7 Å². The summed E-state index contributed by atoms with van der Waals surface area (Å²) in [6, 6.07) is 24.8. The Labute approximate surface area is 512 Å². The summed E-state index contributed by atoms with van der Waals surface area (Å²) in [4.78, 5) is 32.7. The van der Waals surface area contributed by atoms with Gasteiger partial charge in [0.05, 0.1) is 110 Å². The third kappa shape index (κ3) is 15.6. The van der Waals surface area contributed by atoms with E-state index >= 15 is 0 Å². The number of aromatic nitrogens is 15. The summed E-state index contributed by atoms with van der Waals surface area (Å²) in [5, 5.41) is 12.6. The summed E-state index contributed by atoms with van der Waals surface area (Å²) >= 11 is 0. The lowest BCUT2D eigenvalue weighted by atomic mass is 10.0. The summed E-state index contributed by atoms with van der Waals surface area (Å²) in [5.74, 6) is 4.87. The molecule has 0 saturated carbocycles. The van der Waals surface area contributed by atoms with Gasteiger partial charge in [-0.3, -0.25) is 48.9 Å². The average Bonchev–Trinajstić information content (AvgIpc) is 2.09. The molecular weight excluding hydrogens is 1120 g/mol. The van der Waals surface area contributed by atoms with Crippen LogP contribution in [0.4, 0.5) is 34.1 Å². The van der Waals surface area contributed by atoms with Crippen LogP contribution in [0.5, 0.6) is 0 Å². The highest BCUT2D eigenvalue weighted by Gasteiger charge is 2.24. The van der Waals surface area contributed by atoms with Crippen molar-refractivity contribution in [2.24, 2.45) is 28.2 Å². The zero-order chi connectivity index (χ0) is 62.9. The van der Waals surface area contributed by atoms with Gasteiger partial charge in [-0.05, 0) is 116 Å². The maximum atomic E-state index is 12.7. The molecule has 450 valence electrons. The molecule has 11 aromatic heterocycles. The Morgan fingerprint density at radius 1 is 0.455 bits per heavy atom. The van der Waals surface area contributed by atoms with Gasteiger partial charge in [0.1, 0.15) is 5.82 Å². The van der Waals surface area contributed by atoms with Crippen LogP contribution in [0.15, 0.2) is 195 Å². The second-order valence-electron chi connectivity index (χ2n) is 20.2. The predicted octanol–water partition coefficient (Wildman–Crippen LogP) is 8.94. The molecule has 1 aromatic carbocycles. The zero-order valence-electron chi connectivity index (χ0n) is 50.2. The van der Waals surface area contributed by atoms with Gasteiger partial charge in [-0.15, -0.1) is 0 Å². The number of pyridine rings is 7. The van der Waals surface area contributed by atoms with E-state index in [4.69, 9.17) is 34.4 Å². The van der Waals surface area contributed by atoms with Crippen LogP contribution in [0, 0.1) is 20.8 Å². The summed E-state index contributed by atoms with van der Waals surface area (Å²) < 4.78 is 21.9. The third-order valence-corrected chi connectivity index (χ3v) is 16.3. The second kappa shape index (κ2) is 29.1. The third-order valence-electron chi connectivity index (χ3n) is 14.1. The first-order valence-corrected chi connectivity index (χ1v) is 29.3. The molecule has 88 heavy (non-hydrogen) atoms. The molecule has 1 atom stereocenters. The van der Waals surface area contributed by atoms with E-state index in [-0.39, 0.29) is 0 Å². The molecule has 0 amide bonds. The van der Waals surface area contributed by atoms with Crippen molar-refractivity contribution in [2.45, 2.75) is 32.1 Å². The normalized spacial score (nSPS) is 12.1. The zero-order valence-corrected chi connectivity index (χ0v) is 51.0. The summed E-state index contributed by atoms with van der Waals surface area (Å²) in [6.45, 7) is 7.67. The molecule has 24 heteroatoms. The highest BCUT2D eigenvalue weighted by Crippen LogP contribution is 2.31. The van der Waals surface area contributed by atoms with Gasteiger partial charge in [0.15, 0.2) is 0 Å². The number of benzene rings is 1. The van der Waals surface area contributed by atoms with E-state index in [1.807, 2.05) is 161 Å². The van der Waals surface area contributed by atoms with E-state index in [2.05, 4.69) is 61.0 Å². The lowest BCUT2D eigenvalue weighted by Crippen LogP contribution is -2.41. The van der Waals surface area contributed by atoms with Crippen LogP contribution < -0.4 is 34.4 Å². The van der Waals surface area contributed by atoms with E-state index in [1.165, 1.54) is 0 Å². The van der Waals surface area contributed by atoms with E-state index < -0.39 is 9.71 Å². The van der Waals surface area contributed by atoms with Gasteiger partial charge in [-0.25, -0.2) is 13.5 Å². The van der Waals surface area contributed by atoms with Gasteiger partial charge in [0.2, 0.25) is 0 Å². The van der Waals surface area contributed by atoms with Crippen LogP contribution in [0.1, 0.15) is 23.5 Å². The summed E-state index contributed by atoms with van der Waals surface area (Å²) in [7, 11) is 5.30. The minimum atomic E-state index is -2.32. The minimum absolute atomic E-state index is 0.637. The maximum Gasteiger partial charge on any atom is 0.105 e. The Hall–Kier alpha value is -11.1. The van der Waals surface area contributed by atoms with E-state index in [9.17, 15) is 4.21 Å². The maximum absolute atomic E-state index is 12.7. The number of rotatable bonds is 8. The van der Waals surface area contributed by atoms with Crippen molar-refractivity contribution in [3.05, 3.63) is 207 Å². The molecule has 1 unspecified atom stereocenters. The summed E-state index contributed by atoms with van der Waals surface area (Å²) in [5.41, 5.74) is 52.9. The quantitative estimate of drug-likeness (QED) is 0.0773. The lowest BCUT2D eigenvalue weighted by Gasteiger charge is -2.33. The van der Waals surface area contributed by atoms with Crippen molar-refractivity contribution in [1.29, 1.82) is 0 Å². The molecule has 0 aliphatic carbocycles. The molecule has 0 radical (unpaired) electrons. The highest BCUT2D eigenvalue weighted by atomic mass is 32.2. The molecule has 0 spiro atoms. The van der Waals surface area contributed by atoms with Crippen molar-refractivity contribution in [1.82, 2.24) is 78.1 Å². The number of nitrogens with zero attached hydrogens (tertiary/aromatic N) is 16. The van der Waals surface area contributed by atoms with Crippen LogP contribution in [-0.2, 0) is 37.9 Å². The van der Waals surface area contributed by atoms with E-state index in [1.54, 1.807) is 101 Å². The van der Waals surface area contributed by atoms with E-state index in [0.717, 1.165) is 109 Å². The molecule has 1 aliphatic heterocycles. The molecule has 23 nitrogen and oxygen atoms in total. The number of anilines is 6. The Kier molecular flexibility index (Phi) is 20.8. The number of nitrogens with two attached hydrogens (primary N) is 6. The second-order valence-corrected chi connectivity index (χ2v) is 22.5. The monoisotopic (exact) mass is 1200 g/mol. The molecule has 0 bridgehead atoms. The van der Waals surface area contributed by atoms with Crippen LogP contribution in [-0.4, -0.2) is 101 Å². The van der Waals surface area contributed by atoms with Crippen molar-refractivity contribution in [3.63, 3.8) is 0 Å². The van der Waals surface area contributed by atoms with Crippen molar-refractivity contribution in [2.75, 3.05) is 47.5 Å². The fourth-order valence-corrected chi connectivity index (χ4v) is 10.8. The average molecular weight is 1200 g/mol. The fraction of sp³-hybridized carbons (Fsp3) is 0.156. The standard InChI is InChI=1S/C15H17N3OS.C11H11N3.2C10H12N4.2C9H10N4/c1-20(19,18-9-2-10-18)13-5-3-12(4-6-13)14-7-8-17-11-15(14)16;1-8-6-13-4-2-9(8)10-3-5-14-7-11(10)12;1-7-9(6-14(2)13-7)8-3-4-12-5-10(8)11;1-7-13-6-10(14(7)2)8-3-4-12-5-9(8)11;1-13-5-3-9(12-13)7-2-4-11-6-8(7)10;1-13-9(3-5-12-13)7-2-4-11-6-8(7)10/h3-8,11H,1-2,9-10,16H2;2-7H,12H2,1H3;2*3-6H,11H2,1-2H3;2*2-6H,10H2,1H3. The van der Waals surface area contributed by atoms with Gasteiger partial charge in [-0.1, -0.05) is 12.1 Å². The Morgan fingerprint density at radius 3 is 1.31 bits per heavy atom. The van der Waals surface area contributed by atoms with Crippen molar-refractivity contribution in [3.8, 4) is 67.2 Å². The number of nitrogen functional groups attached to an aromatic ring is 6. The van der Waals surface area contributed by atoms with Gasteiger partial charge >= 0.3 is 0 Å². The van der Waals surface area contributed by atoms with Crippen LogP contribution >= 0.6 is 0 Å². The predicted molar refractivity (Wildman–Crippen MR) is 353 cm³/mol. The molecule has 1 aliphatic rings. The first-order chi connectivity index (χ1) is 42.3. The SMILES string of the molecule is C=S(=O)(c1ccc(-c2ccncc2N)cc1)N1CCC1.Cc1cnccc1-c1ccncc1N.Cc1ncc(-c2ccncc2N)n1C.Cc1nn(C)cc1-c1ccncc1N.Cn1ccc(-c2ccncc2N)n1.Cn1nccc1-c1ccncc1N.